The van der Waals surface area contributed by atoms with Gasteiger partial charge in [0.2, 0.25) is 0 Å². The molecule has 0 saturated carbocycles. The fourth-order valence-corrected chi connectivity index (χ4v) is 6.72. The molecule has 1 aliphatic rings. The smallest absolute Gasteiger partial charge is 0.159 e. The molecule has 4 heteroatoms. The summed E-state index contributed by atoms with van der Waals surface area (Å²) >= 11 is 0. The molecule has 0 N–H and O–H groups in total. The van der Waals surface area contributed by atoms with Crippen LogP contribution in [0.3, 0.4) is 0 Å². The third-order valence-electron chi connectivity index (χ3n) is 5.24. The second-order valence-electron chi connectivity index (χ2n) is 6.92. The fourth-order valence-electron chi connectivity index (χ4n) is 3.70. The van der Waals surface area contributed by atoms with Crippen molar-refractivity contribution in [2.45, 2.75) is 49.7 Å². The largest absolute Gasteiger partial charge is 0.251 e. The van der Waals surface area contributed by atoms with Gasteiger partial charge in [-0.1, -0.05) is 54.9 Å². The molecule has 2 aromatic carbocycles. The summed E-state index contributed by atoms with van der Waals surface area (Å²) in [5, 5.41) is 0. The maximum absolute atomic E-state index is 13.4. The van der Waals surface area contributed by atoms with Gasteiger partial charge in [0.25, 0.3) is 0 Å². The van der Waals surface area contributed by atoms with Crippen LogP contribution in [0.4, 0.5) is 13.2 Å². The average molecular weight is 362 g/mol. The molecule has 3 rings (SSSR count). The minimum Gasteiger partial charge on any atom is -0.251 e. The van der Waals surface area contributed by atoms with E-state index < -0.39 is 11.6 Å². The van der Waals surface area contributed by atoms with Gasteiger partial charge in [-0.25, -0.2) is 8.78 Å². The summed E-state index contributed by atoms with van der Waals surface area (Å²) in [5.74, 6) is -1.02. The zero-order valence-corrected chi connectivity index (χ0v) is 15.4. The number of rotatable bonds is 6. The van der Waals surface area contributed by atoms with Gasteiger partial charge in [0.15, 0.2) is 11.6 Å². The minimum atomic E-state index is -0.813. The van der Waals surface area contributed by atoms with Crippen molar-refractivity contribution in [3.05, 3.63) is 59.7 Å². The van der Waals surface area contributed by atoms with Crippen molar-refractivity contribution in [2.75, 3.05) is 6.67 Å². The molecule has 0 atom stereocenters. The molecule has 1 aliphatic heterocycles. The number of hydrogen-bond acceptors (Lipinski definition) is 0. The second kappa shape index (κ2) is 8.70. The van der Waals surface area contributed by atoms with Gasteiger partial charge in [-0.15, -0.1) is 0 Å². The van der Waals surface area contributed by atoms with Crippen LogP contribution in [0.2, 0.25) is 18.1 Å². The molecule has 1 saturated heterocycles. The zero-order chi connectivity index (χ0) is 17.6. The molecule has 0 bridgehead atoms. The third-order valence-corrected chi connectivity index (χ3v) is 8.29. The molecule has 0 aromatic heterocycles. The van der Waals surface area contributed by atoms with Gasteiger partial charge in [0, 0.05) is 8.80 Å². The lowest BCUT2D eigenvalue weighted by atomic mass is 9.92. The van der Waals surface area contributed by atoms with Gasteiger partial charge in [-0.2, -0.15) is 0 Å². The summed E-state index contributed by atoms with van der Waals surface area (Å²) < 4.78 is 38.6. The van der Waals surface area contributed by atoms with Crippen LogP contribution < -0.4 is 0 Å². The van der Waals surface area contributed by atoms with Crippen molar-refractivity contribution in [3.8, 4) is 11.1 Å². The normalized spacial score (nSPS) is 16.3. The molecule has 1 radical (unpaired) electrons. The Labute approximate surface area is 149 Å². The highest BCUT2D eigenvalue weighted by molar-refractivity contribution is 6.59. The van der Waals surface area contributed by atoms with Crippen molar-refractivity contribution in [3.63, 3.8) is 0 Å². The van der Waals surface area contributed by atoms with Crippen LogP contribution in [0, 0.1) is 11.6 Å². The van der Waals surface area contributed by atoms with E-state index in [4.69, 9.17) is 0 Å². The highest BCUT2D eigenvalue weighted by Crippen LogP contribution is 2.36. The molecule has 0 aliphatic carbocycles. The molecule has 0 amide bonds. The van der Waals surface area contributed by atoms with Crippen molar-refractivity contribution in [1.29, 1.82) is 0 Å². The predicted molar refractivity (Wildman–Crippen MR) is 99.2 cm³/mol. The van der Waals surface area contributed by atoms with Gasteiger partial charge in [-0.05, 0) is 54.0 Å². The first-order chi connectivity index (χ1) is 12.2. The maximum atomic E-state index is 13.4. The lowest BCUT2D eigenvalue weighted by Crippen LogP contribution is -2.20. The number of alkyl halides is 1. The van der Waals surface area contributed by atoms with Gasteiger partial charge >= 0.3 is 0 Å². The van der Waals surface area contributed by atoms with Crippen molar-refractivity contribution in [1.82, 2.24) is 0 Å². The summed E-state index contributed by atoms with van der Waals surface area (Å²) in [4.78, 5) is 0. The Morgan fingerprint density at radius 3 is 2.16 bits per heavy atom. The van der Waals surface area contributed by atoms with E-state index >= 15 is 0 Å². The second-order valence-corrected chi connectivity index (χ2v) is 9.92. The Morgan fingerprint density at radius 1 is 0.840 bits per heavy atom. The van der Waals surface area contributed by atoms with Crippen LogP contribution >= 0.6 is 0 Å². The summed E-state index contributed by atoms with van der Waals surface area (Å²) in [5.41, 5.74) is 2.96. The van der Waals surface area contributed by atoms with Crippen LogP contribution in [0.5, 0.6) is 0 Å². The van der Waals surface area contributed by atoms with Crippen LogP contribution in [-0.2, 0) is 0 Å². The van der Waals surface area contributed by atoms with Crippen LogP contribution in [0.1, 0.15) is 37.2 Å². The van der Waals surface area contributed by atoms with E-state index in [1.807, 2.05) is 12.1 Å². The minimum absolute atomic E-state index is 0.178. The topological polar surface area (TPSA) is 0 Å². The highest BCUT2D eigenvalue weighted by Gasteiger charge is 2.23. The quantitative estimate of drug-likeness (QED) is 0.394. The predicted octanol–water partition coefficient (Wildman–Crippen LogP) is 6.75. The first-order valence-electron chi connectivity index (χ1n) is 9.12. The van der Waals surface area contributed by atoms with E-state index in [0.29, 0.717) is 11.5 Å². The Hall–Kier alpha value is -1.55. The van der Waals surface area contributed by atoms with Crippen molar-refractivity contribution < 1.29 is 13.2 Å². The van der Waals surface area contributed by atoms with Crippen LogP contribution in [-0.4, -0.2) is 15.5 Å². The van der Waals surface area contributed by atoms with Gasteiger partial charge < -0.3 is 0 Å². The summed E-state index contributed by atoms with van der Waals surface area (Å²) in [6.45, 7) is -0.178. The SMILES string of the molecule is FCCCC[Si]1CCC(c2ccc(-c3ccc(F)c(F)c3)cc2)CC1. The van der Waals surface area contributed by atoms with E-state index in [1.165, 1.54) is 48.7 Å². The van der Waals surface area contributed by atoms with E-state index in [1.54, 1.807) is 6.07 Å². The zero-order valence-electron chi connectivity index (χ0n) is 14.4. The summed E-state index contributed by atoms with van der Waals surface area (Å²) in [6.07, 6.45) is 4.24. The molecular weight excluding hydrogens is 337 g/mol. The summed E-state index contributed by atoms with van der Waals surface area (Å²) in [6, 6.07) is 16.2. The molecule has 0 spiro atoms. The number of benzene rings is 2. The van der Waals surface area contributed by atoms with Gasteiger partial charge in [0.1, 0.15) is 0 Å². The maximum Gasteiger partial charge on any atom is 0.159 e. The highest BCUT2D eigenvalue weighted by atomic mass is 28.3. The third kappa shape index (κ3) is 4.75. The van der Waals surface area contributed by atoms with Crippen LogP contribution in [0.15, 0.2) is 42.5 Å². The molecule has 25 heavy (non-hydrogen) atoms. The molecule has 1 fully saturated rings. The van der Waals surface area contributed by atoms with Gasteiger partial charge in [0.05, 0.1) is 6.67 Å². The van der Waals surface area contributed by atoms with Crippen molar-refractivity contribution in [2.24, 2.45) is 0 Å². The van der Waals surface area contributed by atoms with E-state index in [9.17, 15) is 13.2 Å². The Balaban J connectivity index is 1.59. The number of halogens is 3. The Morgan fingerprint density at radius 2 is 1.52 bits per heavy atom. The summed E-state index contributed by atoms with van der Waals surface area (Å²) in [7, 11) is -0.263. The monoisotopic (exact) mass is 361 g/mol. The Kier molecular flexibility index (Phi) is 6.35. The molecule has 1 heterocycles. The Bertz CT molecular complexity index is 676. The lowest BCUT2D eigenvalue weighted by molar-refractivity contribution is 0.468. The van der Waals surface area contributed by atoms with E-state index in [0.717, 1.165) is 18.4 Å². The number of hydrogen-bond donors (Lipinski definition) is 0. The van der Waals surface area contributed by atoms with Gasteiger partial charge in [-0.3, -0.25) is 4.39 Å². The standard InChI is InChI=1S/C21H24F3Si/c22-11-1-2-12-25-13-9-18(10-14-25)16-3-5-17(6-4-16)19-7-8-20(23)21(24)15-19/h3-8,15,18H,1-2,9-14H2. The fraction of sp³-hybridized carbons (Fsp3) is 0.429. The average Bonchev–Trinajstić information content (AvgIpc) is 2.65. The molecule has 0 nitrogen and oxygen atoms in total. The number of unbranched alkanes of at least 4 members (excludes halogenated alkanes) is 1. The van der Waals surface area contributed by atoms with E-state index in [2.05, 4.69) is 12.1 Å². The molecular formula is C21H24F3Si. The first kappa shape index (κ1) is 18.2. The molecule has 133 valence electrons. The van der Waals surface area contributed by atoms with E-state index in [-0.39, 0.29) is 15.5 Å². The first-order valence-corrected chi connectivity index (χ1v) is 11.2. The van der Waals surface area contributed by atoms with Crippen LogP contribution in [0.25, 0.3) is 11.1 Å². The molecule has 2 aromatic rings. The van der Waals surface area contributed by atoms with Crippen molar-refractivity contribution >= 4 is 8.80 Å². The molecule has 0 unspecified atom stereocenters. The lowest BCUT2D eigenvalue weighted by Gasteiger charge is -2.28.